The van der Waals surface area contributed by atoms with E-state index in [2.05, 4.69) is 10.2 Å². The maximum Gasteiger partial charge on any atom is 0.243 e. The van der Waals surface area contributed by atoms with E-state index in [4.69, 9.17) is 0 Å². The topological polar surface area (TPSA) is 52.7 Å². The van der Waals surface area contributed by atoms with Gasteiger partial charge < -0.3 is 5.32 Å². The van der Waals surface area contributed by atoms with Crippen molar-refractivity contribution in [3.8, 4) is 0 Å². The number of nitrogens with zero attached hydrogens (tertiary/aromatic N) is 2. The lowest BCUT2D eigenvalue weighted by Gasteiger charge is -2.32. The van der Waals surface area contributed by atoms with Gasteiger partial charge in [0.1, 0.15) is 0 Å². The van der Waals surface area contributed by atoms with E-state index in [9.17, 15) is 8.42 Å². The average Bonchev–Trinajstić information content (AvgIpc) is 2.98. The number of aryl methyl sites for hydroxylation is 2. The normalized spacial score (nSPS) is 23.7. The maximum absolute atomic E-state index is 12.9. The lowest BCUT2D eigenvalue weighted by Crippen LogP contribution is -2.49. The van der Waals surface area contributed by atoms with Crippen LogP contribution < -0.4 is 5.32 Å². The van der Waals surface area contributed by atoms with Crippen LogP contribution in [0.3, 0.4) is 0 Å². The van der Waals surface area contributed by atoms with Crippen molar-refractivity contribution in [3.63, 3.8) is 0 Å². The van der Waals surface area contributed by atoms with Crippen molar-refractivity contribution in [1.82, 2.24) is 14.5 Å². The molecule has 0 spiro atoms. The molecule has 1 aromatic rings. The van der Waals surface area contributed by atoms with Crippen molar-refractivity contribution in [2.75, 3.05) is 39.3 Å². The molecule has 2 heterocycles. The summed E-state index contributed by atoms with van der Waals surface area (Å²) in [6.07, 6.45) is 0.935. The van der Waals surface area contributed by atoms with Crippen molar-refractivity contribution in [2.45, 2.75) is 31.2 Å². The van der Waals surface area contributed by atoms with Crippen molar-refractivity contribution >= 4 is 22.4 Å². The fourth-order valence-electron chi connectivity index (χ4n) is 3.50. The number of hydrogen-bond acceptors (Lipinski definition) is 4. The zero-order valence-corrected chi connectivity index (χ0v) is 15.4. The van der Waals surface area contributed by atoms with Crippen molar-refractivity contribution in [3.05, 3.63) is 29.3 Å². The number of sulfonamides is 1. The summed E-state index contributed by atoms with van der Waals surface area (Å²) < 4.78 is 27.4. The Kier molecular flexibility index (Phi) is 6.08. The monoisotopic (exact) mass is 359 g/mol. The molecule has 0 amide bonds. The summed E-state index contributed by atoms with van der Waals surface area (Å²) in [6, 6.07) is 5.93. The van der Waals surface area contributed by atoms with Crippen LogP contribution in [0.25, 0.3) is 0 Å². The lowest BCUT2D eigenvalue weighted by atomic mass is 10.2. The molecule has 0 bridgehead atoms. The second-order valence-corrected chi connectivity index (χ2v) is 8.27. The summed E-state index contributed by atoms with van der Waals surface area (Å²) in [5, 5.41) is 3.34. The molecule has 3 rings (SSSR count). The molecule has 2 aliphatic heterocycles. The predicted octanol–water partition coefficient (Wildman–Crippen LogP) is 1.39. The summed E-state index contributed by atoms with van der Waals surface area (Å²) in [6.45, 7) is 9.15. The summed E-state index contributed by atoms with van der Waals surface area (Å²) in [5.41, 5.74) is 1.93. The van der Waals surface area contributed by atoms with Crippen LogP contribution >= 0.6 is 12.4 Å². The average molecular weight is 360 g/mol. The standard InChI is InChI=1S/C16H25N3O2S.ClH/c1-13-3-4-16(14(2)11-13)22(20,21)19-8-5-15(12-19)18-9-6-17-7-10-18;/h3-4,11,15,17H,5-10,12H2,1-2H3;1H. The third kappa shape index (κ3) is 3.88. The van der Waals surface area contributed by atoms with Gasteiger partial charge in [0.25, 0.3) is 0 Å². The molecule has 0 saturated carbocycles. The van der Waals surface area contributed by atoms with Gasteiger partial charge in [0.15, 0.2) is 0 Å². The number of piperazine rings is 1. The van der Waals surface area contributed by atoms with E-state index < -0.39 is 10.0 Å². The van der Waals surface area contributed by atoms with E-state index in [0.29, 0.717) is 24.0 Å². The Hall–Kier alpha value is -0.660. The van der Waals surface area contributed by atoms with E-state index in [1.165, 1.54) is 0 Å². The molecule has 1 atom stereocenters. The van der Waals surface area contributed by atoms with Gasteiger partial charge in [0.2, 0.25) is 10.0 Å². The summed E-state index contributed by atoms with van der Waals surface area (Å²) in [5.74, 6) is 0. The van der Waals surface area contributed by atoms with Gasteiger partial charge in [-0.2, -0.15) is 4.31 Å². The molecule has 2 aliphatic rings. The van der Waals surface area contributed by atoms with Gasteiger partial charge in [-0.05, 0) is 31.9 Å². The molecule has 0 aliphatic carbocycles. The van der Waals surface area contributed by atoms with E-state index in [-0.39, 0.29) is 12.4 Å². The minimum atomic E-state index is -3.37. The summed E-state index contributed by atoms with van der Waals surface area (Å²) in [7, 11) is -3.37. The quantitative estimate of drug-likeness (QED) is 0.886. The molecule has 130 valence electrons. The van der Waals surface area contributed by atoms with Crippen molar-refractivity contribution in [1.29, 1.82) is 0 Å². The van der Waals surface area contributed by atoms with Crippen LogP contribution in [0, 0.1) is 13.8 Å². The molecular formula is C16H26ClN3O2S. The van der Waals surface area contributed by atoms with Gasteiger partial charge in [-0.1, -0.05) is 17.7 Å². The molecule has 7 heteroatoms. The highest BCUT2D eigenvalue weighted by Crippen LogP contribution is 2.26. The fraction of sp³-hybridized carbons (Fsp3) is 0.625. The fourth-order valence-corrected chi connectivity index (χ4v) is 5.20. The summed E-state index contributed by atoms with van der Waals surface area (Å²) >= 11 is 0. The second-order valence-electron chi connectivity index (χ2n) is 6.36. The van der Waals surface area contributed by atoms with E-state index in [0.717, 1.165) is 43.7 Å². The molecule has 1 N–H and O–H groups in total. The molecule has 1 unspecified atom stereocenters. The van der Waals surface area contributed by atoms with E-state index in [1.54, 1.807) is 10.4 Å². The van der Waals surface area contributed by atoms with Crippen LogP contribution in [-0.2, 0) is 10.0 Å². The zero-order valence-electron chi connectivity index (χ0n) is 13.8. The molecule has 23 heavy (non-hydrogen) atoms. The number of rotatable bonds is 3. The molecule has 1 aromatic carbocycles. The Bertz CT molecular complexity index is 645. The SMILES string of the molecule is Cc1ccc(S(=O)(=O)N2CCC(N3CCNCC3)C2)c(C)c1.Cl. The van der Waals surface area contributed by atoms with Crippen LogP contribution in [0.15, 0.2) is 23.1 Å². The van der Waals surface area contributed by atoms with Crippen LogP contribution in [-0.4, -0.2) is 62.9 Å². The first-order valence-corrected chi connectivity index (χ1v) is 9.44. The number of benzene rings is 1. The van der Waals surface area contributed by atoms with Gasteiger partial charge in [-0.15, -0.1) is 12.4 Å². The van der Waals surface area contributed by atoms with Crippen LogP contribution in [0.5, 0.6) is 0 Å². The van der Waals surface area contributed by atoms with Gasteiger partial charge in [-0.25, -0.2) is 8.42 Å². The Balaban J connectivity index is 0.00000192. The van der Waals surface area contributed by atoms with E-state index in [1.807, 2.05) is 26.0 Å². The smallest absolute Gasteiger partial charge is 0.243 e. The maximum atomic E-state index is 12.9. The number of nitrogens with one attached hydrogen (secondary N) is 1. The minimum Gasteiger partial charge on any atom is -0.314 e. The first-order valence-electron chi connectivity index (χ1n) is 8.00. The van der Waals surface area contributed by atoms with E-state index >= 15 is 0 Å². The van der Waals surface area contributed by atoms with Crippen molar-refractivity contribution in [2.24, 2.45) is 0 Å². The third-order valence-electron chi connectivity index (χ3n) is 4.74. The first-order chi connectivity index (χ1) is 10.5. The Morgan fingerprint density at radius 2 is 1.83 bits per heavy atom. The van der Waals surface area contributed by atoms with Gasteiger partial charge in [-0.3, -0.25) is 4.90 Å². The number of halogens is 1. The zero-order chi connectivity index (χ0) is 15.7. The molecule has 0 aromatic heterocycles. The number of hydrogen-bond donors (Lipinski definition) is 1. The Labute approximate surface area is 145 Å². The molecule has 5 nitrogen and oxygen atoms in total. The molecular weight excluding hydrogens is 334 g/mol. The van der Waals surface area contributed by atoms with Gasteiger partial charge >= 0.3 is 0 Å². The van der Waals surface area contributed by atoms with Crippen LogP contribution in [0.1, 0.15) is 17.5 Å². The predicted molar refractivity (Wildman–Crippen MR) is 94.8 cm³/mol. The van der Waals surface area contributed by atoms with Gasteiger partial charge in [0.05, 0.1) is 4.90 Å². The second kappa shape index (κ2) is 7.49. The Morgan fingerprint density at radius 3 is 2.48 bits per heavy atom. The molecule has 0 radical (unpaired) electrons. The summed E-state index contributed by atoms with van der Waals surface area (Å²) in [4.78, 5) is 2.88. The first kappa shape index (κ1) is 18.7. The van der Waals surface area contributed by atoms with Crippen LogP contribution in [0.2, 0.25) is 0 Å². The van der Waals surface area contributed by atoms with Crippen molar-refractivity contribution < 1.29 is 8.42 Å². The highest BCUT2D eigenvalue weighted by Gasteiger charge is 2.35. The highest BCUT2D eigenvalue weighted by atomic mass is 35.5. The minimum absolute atomic E-state index is 0. The largest absolute Gasteiger partial charge is 0.314 e. The van der Waals surface area contributed by atoms with Crippen LogP contribution in [0.4, 0.5) is 0 Å². The third-order valence-corrected chi connectivity index (χ3v) is 6.77. The molecule has 2 fully saturated rings. The highest BCUT2D eigenvalue weighted by molar-refractivity contribution is 7.89. The Morgan fingerprint density at radius 1 is 1.13 bits per heavy atom. The van der Waals surface area contributed by atoms with Gasteiger partial charge in [0, 0.05) is 45.3 Å². The lowest BCUT2D eigenvalue weighted by molar-refractivity contribution is 0.179. The molecule has 2 saturated heterocycles.